The van der Waals surface area contributed by atoms with Gasteiger partial charge in [0, 0.05) is 12.8 Å². The second-order valence-corrected chi connectivity index (χ2v) is 9.50. The number of fused-ring (bicyclic) bond motifs is 5. The molecule has 4 aliphatic rings. The molecular formula is C20H32O2. The van der Waals surface area contributed by atoms with E-state index in [0.29, 0.717) is 23.0 Å². The third-order valence-corrected chi connectivity index (χ3v) is 8.98. The van der Waals surface area contributed by atoms with E-state index in [0.717, 1.165) is 37.0 Å². The monoisotopic (exact) mass is 304 g/mol. The molecule has 1 N–H and O–H groups in total. The lowest BCUT2D eigenvalue weighted by atomic mass is 9.43. The molecule has 2 nitrogen and oxygen atoms in total. The van der Waals surface area contributed by atoms with Crippen LogP contribution < -0.4 is 0 Å². The number of Topliss-reactive ketones (excluding diaryl/α,β-unsaturated/α-hetero) is 1. The number of carbonyl (C=O) groups is 1. The molecule has 0 heterocycles. The van der Waals surface area contributed by atoms with Crippen molar-refractivity contribution in [3.05, 3.63) is 0 Å². The van der Waals surface area contributed by atoms with E-state index in [1.165, 1.54) is 32.1 Å². The molecule has 0 amide bonds. The van der Waals surface area contributed by atoms with E-state index in [-0.39, 0.29) is 11.5 Å². The fourth-order valence-corrected chi connectivity index (χ4v) is 7.45. The lowest BCUT2D eigenvalue weighted by Crippen LogP contribution is -2.56. The van der Waals surface area contributed by atoms with Crippen LogP contribution in [-0.4, -0.2) is 17.0 Å². The Labute approximate surface area is 135 Å². The first-order valence-corrected chi connectivity index (χ1v) is 9.57. The third-order valence-electron chi connectivity index (χ3n) is 8.98. The van der Waals surface area contributed by atoms with Crippen molar-refractivity contribution in [3.63, 3.8) is 0 Å². The van der Waals surface area contributed by atoms with Crippen molar-refractivity contribution in [1.29, 1.82) is 0 Å². The molecule has 0 aromatic carbocycles. The zero-order chi connectivity index (χ0) is 15.7. The van der Waals surface area contributed by atoms with Crippen LogP contribution in [0.4, 0.5) is 0 Å². The summed E-state index contributed by atoms with van der Waals surface area (Å²) in [6, 6.07) is 0. The lowest BCUT2D eigenvalue weighted by Gasteiger charge is -2.62. The molecule has 0 aliphatic heterocycles. The van der Waals surface area contributed by atoms with Gasteiger partial charge in [-0.3, -0.25) is 4.79 Å². The molecular weight excluding hydrogens is 272 g/mol. The highest BCUT2D eigenvalue weighted by Gasteiger charge is 2.61. The van der Waals surface area contributed by atoms with Crippen LogP contribution >= 0.6 is 0 Å². The third kappa shape index (κ3) is 1.79. The predicted molar refractivity (Wildman–Crippen MR) is 87.3 cm³/mol. The van der Waals surface area contributed by atoms with Gasteiger partial charge in [0.05, 0.1) is 6.10 Å². The van der Waals surface area contributed by atoms with Crippen LogP contribution in [0.5, 0.6) is 0 Å². The second-order valence-electron chi connectivity index (χ2n) is 9.50. The van der Waals surface area contributed by atoms with Gasteiger partial charge in [-0.15, -0.1) is 0 Å². The van der Waals surface area contributed by atoms with E-state index in [4.69, 9.17) is 0 Å². The summed E-state index contributed by atoms with van der Waals surface area (Å²) in [5.74, 6) is 3.99. The Hall–Kier alpha value is -0.370. The van der Waals surface area contributed by atoms with Crippen LogP contribution in [0.1, 0.15) is 72.1 Å². The minimum Gasteiger partial charge on any atom is -0.393 e. The predicted octanol–water partition coefficient (Wildman–Crippen LogP) is 4.21. The van der Waals surface area contributed by atoms with Gasteiger partial charge in [-0.2, -0.15) is 0 Å². The quantitative estimate of drug-likeness (QED) is 0.728. The molecule has 4 saturated carbocycles. The molecule has 22 heavy (non-hydrogen) atoms. The standard InChI is InChI=1S/C20H32O2/c1-12-10-14(21)11-13-4-5-15-16-6-7-18(22)19(16,2)9-8-17(15)20(12,13)3/h12-13,15-18,22H,4-11H2,1-3H3/t12-,13?,15?,16?,17?,18-,19-,20-/m0/s1. The largest absolute Gasteiger partial charge is 0.393 e. The van der Waals surface area contributed by atoms with Gasteiger partial charge in [0.15, 0.2) is 0 Å². The summed E-state index contributed by atoms with van der Waals surface area (Å²) in [6.07, 6.45) is 8.84. The first-order valence-electron chi connectivity index (χ1n) is 9.57. The maximum absolute atomic E-state index is 12.1. The van der Waals surface area contributed by atoms with Crippen molar-refractivity contribution in [1.82, 2.24) is 0 Å². The Morgan fingerprint density at radius 1 is 1.00 bits per heavy atom. The van der Waals surface area contributed by atoms with Crippen molar-refractivity contribution in [2.45, 2.75) is 78.2 Å². The average molecular weight is 304 g/mol. The van der Waals surface area contributed by atoms with Crippen LogP contribution in [-0.2, 0) is 4.79 Å². The van der Waals surface area contributed by atoms with Gasteiger partial charge >= 0.3 is 0 Å². The first kappa shape index (κ1) is 15.2. The highest BCUT2D eigenvalue weighted by Crippen LogP contribution is 2.66. The lowest BCUT2D eigenvalue weighted by molar-refractivity contribution is -0.154. The van der Waals surface area contributed by atoms with Gasteiger partial charge in [0.1, 0.15) is 5.78 Å². The fraction of sp³-hybridized carbons (Fsp3) is 0.950. The number of hydrogen-bond donors (Lipinski definition) is 1. The van der Waals surface area contributed by atoms with Crippen molar-refractivity contribution < 1.29 is 9.90 Å². The molecule has 0 aromatic heterocycles. The summed E-state index contributed by atoms with van der Waals surface area (Å²) in [6.45, 7) is 7.21. The molecule has 0 aromatic rings. The maximum atomic E-state index is 12.1. The molecule has 0 bridgehead atoms. The molecule has 0 saturated heterocycles. The Bertz CT molecular complexity index is 486. The van der Waals surface area contributed by atoms with Crippen molar-refractivity contribution in [2.24, 2.45) is 40.4 Å². The van der Waals surface area contributed by atoms with Gasteiger partial charge in [-0.1, -0.05) is 20.8 Å². The molecule has 0 spiro atoms. The SMILES string of the molecule is C[C@H]1CC(=O)CC2CCC3C(CC[C@@]4(C)C3CC[C@@H]4O)[C@]21C. The van der Waals surface area contributed by atoms with Crippen LogP contribution in [0.25, 0.3) is 0 Å². The summed E-state index contributed by atoms with van der Waals surface area (Å²) in [5.41, 5.74) is 0.545. The molecule has 8 atom stereocenters. The number of aliphatic hydroxyl groups is 1. The van der Waals surface area contributed by atoms with Gasteiger partial charge < -0.3 is 5.11 Å². The highest BCUT2D eigenvalue weighted by molar-refractivity contribution is 5.80. The van der Waals surface area contributed by atoms with E-state index >= 15 is 0 Å². The van der Waals surface area contributed by atoms with Gasteiger partial charge in [0.2, 0.25) is 0 Å². The minimum atomic E-state index is -0.0747. The first-order chi connectivity index (χ1) is 10.4. The van der Waals surface area contributed by atoms with Gasteiger partial charge in [0.25, 0.3) is 0 Å². The van der Waals surface area contributed by atoms with E-state index < -0.39 is 0 Å². The van der Waals surface area contributed by atoms with Gasteiger partial charge in [-0.25, -0.2) is 0 Å². The molecule has 0 radical (unpaired) electrons. The van der Waals surface area contributed by atoms with Crippen LogP contribution in [0, 0.1) is 40.4 Å². The second kappa shape index (κ2) is 4.82. The Balaban J connectivity index is 1.67. The molecule has 2 heteroatoms. The van der Waals surface area contributed by atoms with E-state index in [2.05, 4.69) is 20.8 Å². The Kier molecular flexibility index (Phi) is 3.32. The van der Waals surface area contributed by atoms with Crippen LogP contribution in [0.15, 0.2) is 0 Å². The summed E-state index contributed by atoms with van der Waals surface area (Å²) < 4.78 is 0. The number of aliphatic hydroxyl groups excluding tert-OH is 1. The molecule has 4 aliphatic carbocycles. The van der Waals surface area contributed by atoms with Crippen molar-refractivity contribution in [3.8, 4) is 0 Å². The van der Waals surface area contributed by atoms with Gasteiger partial charge in [-0.05, 0) is 78.9 Å². The summed E-state index contributed by atoms with van der Waals surface area (Å²) >= 11 is 0. The fourth-order valence-electron chi connectivity index (χ4n) is 7.45. The van der Waals surface area contributed by atoms with Crippen LogP contribution in [0.2, 0.25) is 0 Å². The number of rotatable bonds is 0. The minimum absolute atomic E-state index is 0.0747. The highest BCUT2D eigenvalue weighted by atomic mass is 16.3. The maximum Gasteiger partial charge on any atom is 0.133 e. The molecule has 4 unspecified atom stereocenters. The van der Waals surface area contributed by atoms with Crippen molar-refractivity contribution in [2.75, 3.05) is 0 Å². The summed E-state index contributed by atoms with van der Waals surface area (Å²) in [4.78, 5) is 12.1. The smallest absolute Gasteiger partial charge is 0.133 e. The average Bonchev–Trinajstić information content (AvgIpc) is 2.77. The van der Waals surface area contributed by atoms with Crippen molar-refractivity contribution >= 4 is 5.78 Å². The summed E-state index contributed by atoms with van der Waals surface area (Å²) in [5, 5.41) is 10.5. The van der Waals surface area contributed by atoms with E-state index in [9.17, 15) is 9.90 Å². The summed E-state index contributed by atoms with van der Waals surface area (Å²) in [7, 11) is 0. The van der Waals surface area contributed by atoms with Crippen LogP contribution in [0.3, 0.4) is 0 Å². The Morgan fingerprint density at radius 3 is 2.55 bits per heavy atom. The molecule has 4 rings (SSSR count). The zero-order valence-electron chi connectivity index (χ0n) is 14.5. The number of carbonyl (C=O) groups excluding carboxylic acids is 1. The Morgan fingerprint density at radius 2 is 1.77 bits per heavy atom. The number of ketones is 1. The zero-order valence-corrected chi connectivity index (χ0v) is 14.5. The topological polar surface area (TPSA) is 37.3 Å². The van der Waals surface area contributed by atoms with E-state index in [1.54, 1.807) is 0 Å². The molecule has 124 valence electrons. The normalized spacial score (nSPS) is 57.9. The molecule has 4 fully saturated rings. The number of hydrogen-bond acceptors (Lipinski definition) is 2. The van der Waals surface area contributed by atoms with E-state index in [1.807, 2.05) is 0 Å².